The van der Waals surface area contributed by atoms with Gasteiger partial charge in [0.15, 0.2) is 9.84 Å². The van der Waals surface area contributed by atoms with Gasteiger partial charge in [0.2, 0.25) is 0 Å². The summed E-state index contributed by atoms with van der Waals surface area (Å²) in [6.07, 6.45) is 1.30. The minimum atomic E-state index is -2.82. The lowest BCUT2D eigenvalue weighted by Gasteiger charge is -2.38. The zero-order valence-electron chi connectivity index (χ0n) is 9.39. The molecule has 0 aromatic rings. The number of aliphatic hydroxyl groups is 1. The third-order valence-electron chi connectivity index (χ3n) is 3.38. The standard InChI is InChI=1S/C10H19NO4S/c12-10(1-5-15-6-2-10)9-11-3-7-16(13,14)8-4-11/h12H,1-9H2. The Morgan fingerprint density at radius 1 is 1.19 bits per heavy atom. The minimum absolute atomic E-state index is 0.222. The minimum Gasteiger partial charge on any atom is -0.388 e. The second-order valence-corrected chi connectivity index (χ2v) is 7.07. The molecule has 0 atom stereocenters. The number of nitrogens with zero attached hydrogens (tertiary/aromatic N) is 1. The molecule has 94 valence electrons. The normalized spacial score (nSPS) is 30.1. The molecule has 2 saturated heterocycles. The summed E-state index contributed by atoms with van der Waals surface area (Å²) in [6.45, 7) is 2.87. The Balaban J connectivity index is 1.86. The monoisotopic (exact) mass is 249 g/mol. The van der Waals surface area contributed by atoms with Gasteiger partial charge in [-0.05, 0) is 0 Å². The summed E-state index contributed by atoms with van der Waals surface area (Å²) in [7, 11) is -2.82. The predicted molar refractivity (Wildman–Crippen MR) is 60.1 cm³/mol. The summed E-state index contributed by atoms with van der Waals surface area (Å²) in [6, 6.07) is 0. The van der Waals surface area contributed by atoms with Crippen LogP contribution in [0.2, 0.25) is 0 Å². The van der Waals surface area contributed by atoms with E-state index in [1.54, 1.807) is 0 Å². The number of β-amino-alcohol motifs (C(OH)–C–C–N with tert-alkyl or cyclic N) is 1. The summed E-state index contributed by atoms with van der Waals surface area (Å²) in [5.74, 6) is 0.444. The molecule has 6 heteroatoms. The predicted octanol–water partition coefficient (Wildman–Crippen LogP) is -0.742. The fraction of sp³-hybridized carbons (Fsp3) is 1.00. The van der Waals surface area contributed by atoms with Gasteiger partial charge in [0.25, 0.3) is 0 Å². The highest BCUT2D eigenvalue weighted by Crippen LogP contribution is 2.22. The molecule has 0 bridgehead atoms. The number of hydrogen-bond acceptors (Lipinski definition) is 5. The molecule has 2 rings (SSSR count). The smallest absolute Gasteiger partial charge is 0.152 e. The largest absolute Gasteiger partial charge is 0.388 e. The molecular formula is C10H19NO4S. The molecule has 2 aliphatic rings. The van der Waals surface area contributed by atoms with E-state index in [-0.39, 0.29) is 11.5 Å². The van der Waals surface area contributed by atoms with Crippen LogP contribution in [0.25, 0.3) is 0 Å². The van der Waals surface area contributed by atoms with E-state index in [4.69, 9.17) is 4.74 Å². The lowest BCUT2D eigenvalue weighted by molar-refractivity contribution is -0.0788. The molecule has 16 heavy (non-hydrogen) atoms. The maximum absolute atomic E-state index is 11.3. The molecule has 0 saturated carbocycles. The maximum Gasteiger partial charge on any atom is 0.152 e. The summed E-state index contributed by atoms with van der Waals surface area (Å²) >= 11 is 0. The molecule has 5 nitrogen and oxygen atoms in total. The number of hydrogen-bond donors (Lipinski definition) is 1. The van der Waals surface area contributed by atoms with Crippen LogP contribution in [-0.4, -0.2) is 68.4 Å². The van der Waals surface area contributed by atoms with E-state index in [9.17, 15) is 13.5 Å². The van der Waals surface area contributed by atoms with Gasteiger partial charge in [-0.15, -0.1) is 0 Å². The molecule has 2 aliphatic heterocycles. The second-order valence-electron chi connectivity index (χ2n) is 4.76. The highest BCUT2D eigenvalue weighted by molar-refractivity contribution is 7.91. The van der Waals surface area contributed by atoms with Crippen molar-refractivity contribution in [2.75, 3.05) is 44.4 Å². The number of sulfone groups is 1. The first-order valence-corrected chi connectivity index (χ1v) is 7.54. The SMILES string of the molecule is O=S1(=O)CCN(CC2(O)CCOCC2)CC1. The third-order valence-corrected chi connectivity index (χ3v) is 4.99. The Morgan fingerprint density at radius 2 is 1.75 bits per heavy atom. The number of ether oxygens (including phenoxy) is 1. The first-order chi connectivity index (χ1) is 7.49. The average Bonchev–Trinajstić information content (AvgIpc) is 2.22. The zero-order chi connectivity index (χ0) is 11.6. The third kappa shape index (κ3) is 3.16. The van der Waals surface area contributed by atoms with E-state index in [0.717, 1.165) is 0 Å². The van der Waals surface area contributed by atoms with Crippen LogP contribution in [0.5, 0.6) is 0 Å². The molecule has 0 unspecified atom stereocenters. The van der Waals surface area contributed by atoms with Crippen LogP contribution in [0.15, 0.2) is 0 Å². The Bertz CT molecular complexity index is 321. The first kappa shape index (κ1) is 12.3. The quantitative estimate of drug-likeness (QED) is 0.698. The van der Waals surface area contributed by atoms with E-state index in [1.165, 1.54) is 0 Å². The fourth-order valence-corrected chi connectivity index (χ4v) is 3.51. The van der Waals surface area contributed by atoms with Crippen LogP contribution in [0.4, 0.5) is 0 Å². The van der Waals surface area contributed by atoms with E-state index in [2.05, 4.69) is 0 Å². The summed E-state index contributed by atoms with van der Waals surface area (Å²) in [5.41, 5.74) is -0.681. The van der Waals surface area contributed by atoms with Crippen LogP contribution >= 0.6 is 0 Å². The zero-order valence-corrected chi connectivity index (χ0v) is 10.2. The van der Waals surface area contributed by atoms with Gasteiger partial charge in [0.05, 0.1) is 17.1 Å². The molecule has 2 heterocycles. The molecule has 0 aromatic carbocycles. The van der Waals surface area contributed by atoms with Crippen LogP contribution < -0.4 is 0 Å². The van der Waals surface area contributed by atoms with Gasteiger partial charge in [-0.2, -0.15) is 0 Å². The van der Waals surface area contributed by atoms with Gasteiger partial charge in [0, 0.05) is 45.7 Å². The topological polar surface area (TPSA) is 66.8 Å². The Morgan fingerprint density at radius 3 is 2.31 bits per heavy atom. The van der Waals surface area contributed by atoms with Crippen molar-refractivity contribution < 1.29 is 18.3 Å². The summed E-state index contributed by atoms with van der Waals surface area (Å²) in [5, 5.41) is 10.3. The van der Waals surface area contributed by atoms with Crippen molar-refractivity contribution in [3.05, 3.63) is 0 Å². The Hall–Kier alpha value is -0.170. The van der Waals surface area contributed by atoms with Crippen LogP contribution in [0.3, 0.4) is 0 Å². The molecular weight excluding hydrogens is 230 g/mol. The Labute approximate surface area is 96.3 Å². The van der Waals surface area contributed by atoms with Gasteiger partial charge >= 0.3 is 0 Å². The van der Waals surface area contributed by atoms with E-state index in [1.807, 2.05) is 4.90 Å². The maximum atomic E-state index is 11.3. The highest BCUT2D eigenvalue weighted by atomic mass is 32.2. The second kappa shape index (κ2) is 4.60. The molecule has 0 amide bonds. The van der Waals surface area contributed by atoms with Crippen LogP contribution in [0, 0.1) is 0 Å². The molecule has 2 fully saturated rings. The van der Waals surface area contributed by atoms with Crippen LogP contribution in [-0.2, 0) is 14.6 Å². The van der Waals surface area contributed by atoms with E-state index >= 15 is 0 Å². The molecule has 0 aromatic heterocycles. The average molecular weight is 249 g/mol. The van der Waals surface area contributed by atoms with Crippen molar-refractivity contribution in [3.63, 3.8) is 0 Å². The van der Waals surface area contributed by atoms with Gasteiger partial charge in [-0.1, -0.05) is 0 Å². The van der Waals surface area contributed by atoms with Gasteiger partial charge in [-0.3, -0.25) is 4.90 Å². The van der Waals surface area contributed by atoms with E-state index in [0.29, 0.717) is 45.7 Å². The van der Waals surface area contributed by atoms with Crippen molar-refractivity contribution in [2.24, 2.45) is 0 Å². The number of rotatable bonds is 2. The molecule has 1 N–H and O–H groups in total. The van der Waals surface area contributed by atoms with Crippen molar-refractivity contribution in [2.45, 2.75) is 18.4 Å². The van der Waals surface area contributed by atoms with Crippen molar-refractivity contribution in [3.8, 4) is 0 Å². The first-order valence-electron chi connectivity index (χ1n) is 5.72. The van der Waals surface area contributed by atoms with E-state index < -0.39 is 15.4 Å². The summed E-state index contributed by atoms with van der Waals surface area (Å²) < 4.78 is 27.7. The highest BCUT2D eigenvalue weighted by Gasteiger charge is 2.33. The molecule has 0 radical (unpaired) electrons. The van der Waals surface area contributed by atoms with Crippen LogP contribution in [0.1, 0.15) is 12.8 Å². The van der Waals surface area contributed by atoms with Crippen molar-refractivity contribution in [1.29, 1.82) is 0 Å². The Kier molecular flexibility index (Phi) is 3.53. The fourth-order valence-electron chi connectivity index (χ4n) is 2.23. The van der Waals surface area contributed by atoms with Gasteiger partial charge in [-0.25, -0.2) is 8.42 Å². The molecule has 0 aliphatic carbocycles. The van der Waals surface area contributed by atoms with Gasteiger partial charge < -0.3 is 9.84 Å². The van der Waals surface area contributed by atoms with Gasteiger partial charge in [0.1, 0.15) is 0 Å². The summed E-state index contributed by atoms with van der Waals surface area (Å²) in [4.78, 5) is 2.05. The lowest BCUT2D eigenvalue weighted by atomic mass is 9.94. The van der Waals surface area contributed by atoms with Crippen molar-refractivity contribution >= 4 is 9.84 Å². The lowest BCUT2D eigenvalue weighted by Crippen LogP contribution is -2.51. The molecule has 0 spiro atoms. The van der Waals surface area contributed by atoms with Crippen molar-refractivity contribution in [1.82, 2.24) is 4.90 Å².